The van der Waals surface area contributed by atoms with Crippen molar-refractivity contribution in [2.45, 2.75) is 18.9 Å². The fraction of sp³-hybridized carbons (Fsp3) is 0.238. The minimum Gasteiger partial charge on any atom is -0.446 e. The molecule has 1 amide bonds. The summed E-state index contributed by atoms with van der Waals surface area (Å²) in [4.78, 5) is 21.8. The van der Waals surface area contributed by atoms with Gasteiger partial charge in [-0.2, -0.15) is 5.26 Å². The van der Waals surface area contributed by atoms with Crippen molar-refractivity contribution in [3.63, 3.8) is 0 Å². The van der Waals surface area contributed by atoms with Crippen molar-refractivity contribution in [2.75, 3.05) is 18.0 Å². The SMILES string of the molecule is N#Cc1ccc(-c2nc(N3CCC(OC(N)=O)CC3)nc3c(F)cc(Br)cc23)cc1F. The maximum atomic E-state index is 14.8. The Morgan fingerprint density at radius 2 is 1.94 bits per heavy atom. The zero-order valence-corrected chi connectivity index (χ0v) is 17.7. The van der Waals surface area contributed by atoms with Gasteiger partial charge in [0.25, 0.3) is 0 Å². The Morgan fingerprint density at radius 3 is 2.58 bits per heavy atom. The number of rotatable bonds is 3. The zero-order chi connectivity index (χ0) is 22.1. The fourth-order valence-electron chi connectivity index (χ4n) is 3.60. The van der Waals surface area contributed by atoms with E-state index in [0.717, 1.165) is 0 Å². The molecule has 0 atom stereocenters. The van der Waals surface area contributed by atoms with Crippen LogP contribution in [0.5, 0.6) is 0 Å². The second kappa shape index (κ2) is 8.43. The van der Waals surface area contributed by atoms with E-state index >= 15 is 0 Å². The predicted octanol–water partition coefficient (Wildman–Crippen LogP) is 4.27. The van der Waals surface area contributed by atoms with Gasteiger partial charge in [-0.1, -0.05) is 22.0 Å². The standard InChI is InChI=1S/C21H16BrF2N5O2/c22-13-8-15-18(11-1-2-12(10-25)16(23)7-11)27-21(28-19(15)17(24)9-13)29-5-3-14(4-6-29)31-20(26)30/h1-2,7-9,14H,3-6H2,(H2,26,30). The number of primary amides is 1. The summed E-state index contributed by atoms with van der Waals surface area (Å²) in [7, 11) is 0. The minimum absolute atomic E-state index is 0.0915. The normalized spacial score (nSPS) is 14.5. The summed E-state index contributed by atoms with van der Waals surface area (Å²) in [5.74, 6) is -0.949. The van der Waals surface area contributed by atoms with E-state index in [9.17, 15) is 13.6 Å². The van der Waals surface area contributed by atoms with E-state index in [4.69, 9.17) is 15.7 Å². The van der Waals surface area contributed by atoms with Crippen LogP contribution in [-0.2, 0) is 4.74 Å². The summed E-state index contributed by atoms with van der Waals surface area (Å²) >= 11 is 3.27. The quantitative estimate of drug-likeness (QED) is 0.591. The molecule has 1 aromatic heterocycles. The van der Waals surface area contributed by atoms with E-state index in [1.54, 1.807) is 18.2 Å². The van der Waals surface area contributed by atoms with Crippen molar-refractivity contribution >= 4 is 38.9 Å². The second-order valence-electron chi connectivity index (χ2n) is 7.09. The van der Waals surface area contributed by atoms with Gasteiger partial charge >= 0.3 is 6.09 Å². The van der Waals surface area contributed by atoms with Gasteiger partial charge in [-0.05, 0) is 24.3 Å². The Labute approximate surface area is 184 Å². The largest absolute Gasteiger partial charge is 0.446 e. The van der Waals surface area contributed by atoms with Gasteiger partial charge in [0.2, 0.25) is 5.95 Å². The summed E-state index contributed by atoms with van der Waals surface area (Å²) in [6.45, 7) is 0.950. The first-order chi connectivity index (χ1) is 14.9. The Morgan fingerprint density at radius 1 is 1.19 bits per heavy atom. The van der Waals surface area contributed by atoms with Crippen LogP contribution >= 0.6 is 15.9 Å². The van der Waals surface area contributed by atoms with Crippen LogP contribution in [-0.4, -0.2) is 35.3 Å². The number of anilines is 1. The highest BCUT2D eigenvalue weighted by atomic mass is 79.9. The molecule has 2 aromatic carbocycles. The highest BCUT2D eigenvalue weighted by Crippen LogP contribution is 2.33. The number of nitrogens with zero attached hydrogens (tertiary/aromatic N) is 4. The lowest BCUT2D eigenvalue weighted by molar-refractivity contribution is 0.0911. The number of carbonyl (C=O) groups excluding carboxylic acids is 1. The van der Waals surface area contributed by atoms with Crippen LogP contribution in [0.3, 0.4) is 0 Å². The molecule has 2 heterocycles. The smallest absolute Gasteiger partial charge is 0.404 e. The summed E-state index contributed by atoms with van der Waals surface area (Å²) in [5.41, 5.74) is 5.83. The molecule has 3 aromatic rings. The minimum atomic E-state index is -0.821. The van der Waals surface area contributed by atoms with Crippen molar-refractivity contribution in [3.8, 4) is 17.3 Å². The third-order valence-electron chi connectivity index (χ3n) is 5.08. The van der Waals surface area contributed by atoms with Gasteiger partial charge in [-0.3, -0.25) is 0 Å². The van der Waals surface area contributed by atoms with E-state index in [1.807, 2.05) is 4.90 Å². The molecule has 1 saturated heterocycles. The lowest BCUT2D eigenvalue weighted by atomic mass is 10.0. The summed E-state index contributed by atoms with van der Waals surface area (Å²) < 4.78 is 34.6. The van der Waals surface area contributed by atoms with E-state index in [1.165, 1.54) is 18.2 Å². The molecule has 2 N–H and O–H groups in total. The average molecular weight is 488 g/mol. The van der Waals surface area contributed by atoms with Crippen molar-refractivity contribution in [1.29, 1.82) is 5.26 Å². The molecule has 158 valence electrons. The monoisotopic (exact) mass is 487 g/mol. The molecule has 4 rings (SSSR count). The third kappa shape index (κ3) is 4.27. The van der Waals surface area contributed by atoms with Crippen molar-refractivity contribution in [1.82, 2.24) is 9.97 Å². The molecule has 0 bridgehead atoms. The predicted molar refractivity (Wildman–Crippen MR) is 113 cm³/mol. The molecule has 10 heteroatoms. The molecule has 1 aliphatic heterocycles. The first-order valence-corrected chi connectivity index (χ1v) is 10.2. The lowest BCUT2D eigenvalue weighted by Crippen LogP contribution is -2.39. The Hall–Kier alpha value is -3.32. The zero-order valence-electron chi connectivity index (χ0n) is 16.1. The van der Waals surface area contributed by atoms with Gasteiger partial charge in [-0.25, -0.2) is 23.5 Å². The molecule has 1 aliphatic rings. The number of nitriles is 1. The molecular weight excluding hydrogens is 472 g/mol. The fourth-order valence-corrected chi connectivity index (χ4v) is 4.03. The number of nitrogens with two attached hydrogens (primary N) is 1. The van der Waals surface area contributed by atoms with Crippen molar-refractivity contribution in [3.05, 3.63) is 52.0 Å². The topological polar surface area (TPSA) is 105 Å². The average Bonchev–Trinajstić information content (AvgIpc) is 2.73. The number of amides is 1. The van der Waals surface area contributed by atoms with Gasteiger partial charge in [0.15, 0.2) is 5.82 Å². The van der Waals surface area contributed by atoms with Crippen molar-refractivity contribution in [2.24, 2.45) is 5.73 Å². The number of carbonyl (C=O) groups is 1. The van der Waals surface area contributed by atoms with Gasteiger partial charge in [0.05, 0.1) is 11.3 Å². The van der Waals surface area contributed by atoms with Gasteiger partial charge in [-0.15, -0.1) is 0 Å². The number of aromatic nitrogens is 2. The van der Waals surface area contributed by atoms with E-state index in [-0.39, 0.29) is 23.1 Å². The summed E-state index contributed by atoms with van der Waals surface area (Å²) in [5, 5.41) is 9.41. The van der Waals surface area contributed by atoms with Crippen LogP contribution in [0.25, 0.3) is 22.2 Å². The molecule has 7 nitrogen and oxygen atoms in total. The second-order valence-corrected chi connectivity index (χ2v) is 8.00. The number of ether oxygens (including phenoxy) is 1. The van der Waals surface area contributed by atoms with Gasteiger partial charge in [0.1, 0.15) is 23.5 Å². The van der Waals surface area contributed by atoms with Crippen LogP contribution < -0.4 is 10.6 Å². The Bertz CT molecular complexity index is 1220. The van der Waals surface area contributed by atoms with Crippen LogP contribution in [0.4, 0.5) is 19.5 Å². The molecule has 0 aliphatic carbocycles. The Balaban J connectivity index is 1.79. The number of halogens is 3. The van der Waals surface area contributed by atoms with Gasteiger partial charge in [0, 0.05) is 41.4 Å². The highest BCUT2D eigenvalue weighted by molar-refractivity contribution is 9.10. The lowest BCUT2D eigenvalue weighted by Gasteiger charge is -2.31. The highest BCUT2D eigenvalue weighted by Gasteiger charge is 2.25. The number of piperidine rings is 1. The number of fused-ring (bicyclic) bond motifs is 1. The first kappa shape index (κ1) is 20.9. The maximum Gasteiger partial charge on any atom is 0.404 e. The summed E-state index contributed by atoms with van der Waals surface area (Å²) in [6.07, 6.45) is -0.0747. The molecule has 0 saturated carbocycles. The molecule has 31 heavy (non-hydrogen) atoms. The van der Waals surface area contributed by atoms with Crippen molar-refractivity contribution < 1.29 is 18.3 Å². The van der Waals surface area contributed by atoms with Crippen LogP contribution in [0.1, 0.15) is 18.4 Å². The molecule has 0 radical (unpaired) electrons. The summed E-state index contributed by atoms with van der Waals surface area (Å²) in [6, 6.07) is 8.88. The third-order valence-corrected chi connectivity index (χ3v) is 5.54. The molecule has 0 spiro atoms. The molecule has 1 fully saturated rings. The Kier molecular flexibility index (Phi) is 5.69. The van der Waals surface area contributed by atoms with E-state index in [2.05, 4.69) is 25.9 Å². The van der Waals surface area contributed by atoms with E-state index < -0.39 is 17.7 Å². The molecule has 0 unspecified atom stereocenters. The van der Waals surface area contributed by atoms with Gasteiger partial charge < -0.3 is 15.4 Å². The van der Waals surface area contributed by atoms with Crippen LogP contribution in [0, 0.1) is 23.0 Å². The molecular formula is C21H16BrF2N5O2. The van der Waals surface area contributed by atoms with Crippen LogP contribution in [0.15, 0.2) is 34.8 Å². The number of benzene rings is 2. The number of hydrogen-bond acceptors (Lipinski definition) is 6. The van der Waals surface area contributed by atoms with Crippen LogP contribution in [0.2, 0.25) is 0 Å². The first-order valence-electron chi connectivity index (χ1n) is 9.43. The number of hydrogen-bond donors (Lipinski definition) is 1. The van der Waals surface area contributed by atoms with E-state index in [0.29, 0.717) is 47.0 Å². The maximum absolute atomic E-state index is 14.8.